The van der Waals surface area contributed by atoms with Crippen molar-refractivity contribution >= 4 is 33.4 Å². The summed E-state index contributed by atoms with van der Waals surface area (Å²) in [4.78, 5) is 13.6. The van der Waals surface area contributed by atoms with Gasteiger partial charge in [-0.05, 0) is 36.4 Å². The van der Waals surface area contributed by atoms with Crippen LogP contribution < -0.4 is 9.62 Å². The zero-order valence-corrected chi connectivity index (χ0v) is 14.1. The van der Waals surface area contributed by atoms with Crippen molar-refractivity contribution < 1.29 is 17.9 Å². The average molecular weight is 367 g/mol. The molecular weight excluding hydrogens is 352 g/mol. The zero-order chi connectivity index (χ0) is 17.2. The lowest BCUT2D eigenvalue weighted by molar-refractivity contribution is 0.143. The lowest BCUT2D eigenvalue weighted by Crippen LogP contribution is -2.34. The molecule has 2 aromatic rings. The van der Waals surface area contributed by atoms with E-state index >= 15 is 0 Å². The van der Waals surface area contributed by atoms with Crippen LogP contribution >= 0.6 is 11.6 Å². The van der Waals surface area contributed by atoms with Gasteiger partial charge in [0.2, 0.25) is 10.0 Å². The summed E-state index contributed by atoms with van der Waals surface area (Å²) < 4.78 is 32.0. The molecule has 0 aliphatic carbocycles. The molecule has 6 nitrogen and oxygen atoms in total. The van der Waals surface area contributed by atoms with E-state index in [1.807, 2.05) is 0 Å². The molecule has 1 aliphatic heterocycles. The predicted molar refractivity (Wildman–Crippen MR) is 90.7 cm³/mol. The van der Waals surface area contributed by atoms with Crippen LogP contribution in [-0.4, -0.2) is 33.7 Å². The minimum Gasteiger partial charge on any atom is -0.443 e. The average Bonchev–Trinajstić information content (AvgIpc) is 2.96. The summed E-state index contributed by atoms with van der Waals surface area (Å²) in [7, 11) is -3.63. The first-order valence-corrected chi connectivity index (χ1v) is 9.10. The number of hydrogen-bond donors (Lipinski definition) is 1. The second-order valence-corrected chi connectivity index (χ2v) is 7.46. The van der Waals surface area contributed by atoms with Crippen LogP contribution in [0.3, 0.4) is 0 Å². The second kappa shape index (κ2) is 6.80. The third kappa shape index (κ3) is 3.69. The van der Waals surface area contributed by atoms with Crippen LogP contribution in [0.1, 0.15) is 0 Å². The fraction of sp³-hybridized carbons (Fsp3) is 0.188. The summed E-state index contributed by atoms with van der Waals surface area (Å²) in [5.41, 5.74) is 0.651. The van der Waals surface area contributed by atoms with Crippen molar-refractivity contribution in [1.82, 2.24) is 4.72 Å². The summed E-state index contributed by atoms with van der Waals surface area (Å²) in [6.45, 7) is 0.269. The van der Waals surface area contributed by atoms with E-state index in [-0.39, 0.29) is 18.0 Å². The maximum absolute atomic E-state index is 12.2. The number of halogens is 1. The van der Waals surface area contributed by atoms with Crippen LogP contribution in [-0.2, 0) is 14.8 Å². The van der Waals surface area contributed by atoms with E-state index in [9.17, 15) is 13.2 Å². The maximum atomic E-state index is 12.2. The molecule has 1 unspecified atom stereocenters. The Labute approximate surface area is 145 Å². The smallest absolute Gasteiger partial charge is 0.414 e. The number of benzene rings is 2. The van der Waals surface area contributed by atoms with E-state index in [4.69, 9.17) is 16.3 Å². The largest absolute Gasteiger partial charge is 0.443 e. The third-order valence-corrected chi connectivity index (χ3v) is 5.26. The lowest BCUT2D eigenvalue weighted by atomic mass is 10.3. The number of carbonyl (C=O) groups excluding carboxylic acids is 1. The van der Waals surface area contributed by atoms with Gasteiger partial charge in [0, 0.05) is 17.3 Å². The van der Waals surface area contributed by atoms with Gasteiger partial charge in [-0.3, -0.25) is 4.90 Å². The summed E-state index contributed by atoms with van der Waals surface area (Å²) in [6.07, 6.45) is -1.08. The molecule has 1 atom stereocenters. The molecular formula is C16H15ClN2O4S. The van der Waals surface area contributed by atoms with E-state index in [2.05, 4.69) is 4.72 Å². The zero-order valence-electron chi connectivity index (χ0n) is 12.6. The third-order valence-electron chi connectivity index (χ3n) is 3.57. The van der Waals surface area contributed by atoms with E-state index in [0.717, 1.165) is 0 Å². The number of nitrogens with zero attached hydrogens (tertiary/aromatic N) is 1. The van der Waals surface area contributed by atoms with Crippen LogP contribution in [0.25, 0.3) is 0 Å². The monoisotopic (exact) mass is 366 g/mol. The minimum atomic E-state index is -3.63. The number of anilines is 1. The van der Waals surface area contributed by atoms with Crippen LogP contribution in [0.4, 0.5) is 10.5 Å². The number of nitrogens with one attached hydrogen (secondary N) is 1. The normalized spacial score (nSPS) is 17.8. The Morgan fingerprint density at radius 1 is 1.12 bits per heavy atom. The SMILES string of the molecule is O=C1OC(CNS(=O)(=O)c2ccccc2)CN1c1ccc(Cl)cc1. The van der Waals surface area contributed by atoms with Crippen LogP contribution in [0, 0.1) is 0 Å². The molecule has 8 heteroatoms. The van der Waals surface area contributed by atoms with Gasteiger partial charge in [0.25, 0.3) is 0 Å². The molecule has 24 heavy (non-hydrogen) atoms. The fourth-order valence-electron chi connectivity index (χ4n) is 2.35. The van der Waals surface area contributed by atoms with Crippen molar-refractivity contribution in [2.24, 2.45) is 0 Å². The van der Waals surface area contributed by atoms with Crippen molar-refractivity contribution in [3.63, 3.8) is 0 Å². The van der Waals surface area contributed by atoms with Crippen LogP contribution in [0.15, 0.2) is 59.5 Å². The van der Waals surface area contributed by atoms with Gasteiger partial charge in [-0.25, -0.2) is 17.9 Å². The Bertz CT molecular complexity index is 825. The van der Waals surface area contributed by atoms with Gasteiger partial charge in [0.15, 0.2) is 0 Å². The maximum Gasteiger partial charge on any atom is 0.414 e. The molecule has 1 fully saturated rings. The second-order valence-electron chi connectivity index (χ2n) is 5.26. The molecule has 2 aromatic carbocycles. The Morgan fingerprint density at radius 2 is 1.79 bits per heavy atom. The van der Waals surface area contributed by atoms with Gasteiger partial charge in [-0.1, -0.05) is 29.8 Å². The topological polar surface area (TPSA) is 75.7 Å². The molecule has 126 valence electrons. The molecule has 3 rings (SSSR count). The highest BCUT2D eigenvalue weighted by atomic mass is 35.5. The molecule has 0 saturated carbocycles. The van der Waals surface area contributed by atoms with Crippen LogP contribution in [0.2, 0.25) is 5.02 Å². The van der Waals surface area contributed by atoms with Crippen molar-refractivity contribution in [3.8, 4) is 0 Å². The number of hydrogen-bond acceptors (Lipinski definition) is 4. The summed E-state index contributed by atoms with van der Waals surface area (Å²) >= 11 is 5.83. The number of rotatable bonds is 5. The van der Waals surface area contributed by atoms with Crippen molar-refractivity contribution in [1.29, 1.82) is 0 Å². The minimum absolute atomic E-state index is 0.00700. The highest BCUT2D eigenvalue weighted by molar-refractivity contribution is 7.89. The number of amides is 1. The molecule has 1 amide bonds. The molecule has 1 heterocycles. The summed E-state index contributed by atoms with van der Waals surface area (Å²) in [5.74, 6) is 0. The lowest BCUT2D eigenvalue weighted by Gasteiger charge is -2.13. The van der Waals surface area contributed by atoms with Crippen molar-refractivity contribution in [2.75, 3.05) is 18.0 Å². The molecule has 0 radical (unpaired) electrons. The van der Waals surface area contributed by atoms with Crippen molar-refractivity contribution in [2.45, 2.75) is 11.0 Å². The molecule has 0 spiro atoms. The van der Waals surface area contributed by atoms with E-state index < -0.39 is 22.2 Å². The molecule has 0 bridgehead atoms. The van der Waals surface area contributed by atoms with Gasteiger partial charge in [-0.15, -0.1) is 0 Å². The molecule has 1 N–H and O–H groups in total. The molecule has 1 aliphatic rings. The van der Waals surface area contributed by atoms with E-state index in [1.54, 1.807) is 42.5 Å². The standard InChI is InChI=1S/C16H15ClN2O4S/c17-12-6-8-13(9-7-12)19-11-14(23-16(19)20)10-18-24(21,22)15-4-2-1-3-5-15/h1-9,14,18H,10-11H2. The number of ether oxygens (including phenoxy) is 1. The quantitative estimate of drug-likeness (QED) is 0.882. The number of sulfonamides is 1. The van der Waals surface area contributed by atoms with Crippen molar-refractivity contribution in [3.05, 3.63) is 59.6 Å². The highest BCUT2D eigenvalue weighted by Gasteiger charge is 2.33. The predicted octanol–water partition coefficient (Wildman–Crippen LogP) is 2.64. The summed E-state index contributed by atoms with van der Waals surface area (Å²) in [6, 6.07) is 14.8. The highest BCUT2D eigenvalue weighted by Crippen LogP contribution is 2.23. The Kier molecular flexibility index (Phi) is 4.75. The first kappa shape index (κ1) is 16.8. The summed E-state index contributed by atoms with van der Waals surface area (Å²) in [5, 5.41) is 0.568. The number of carbonyl (C=O) groups is 1. The Morgan fingerprint density at radius 3 is 2.46 bits per heavy atom. The van der Waals surface area contributed by atoms with Gasteiger partial charge in [-0.2, -0.15) is 0 Å². The van der Waals surface area contributed by atoms with Gasteiger partial charge in [0.1, 0.15) is 6.10 Å². The molecule has 1 saturated heterocycles. The number of cyclic esters (lactones) is 1. The fourth-order valence-corrected chi connectivity index (χ4v) is 3.56. The van der Waals surface area contributed by atoms with Gasteiger partial charge in [0.05, 0.1) is 11.4 Å². The first-order chi connectivity index (χ1) is 11.5. The van der Waals surface area contributed by atoms with Crippen LogP contribution in [0.5, 0.6) is 0 Å². The van der Waals surface area contributed by atoms with E-state index in [0.29, 0.717) is 10.7 Å². The van der Waals surface area contributed by atoms with Gasteiger partial charge < -0.3 is 4.74 Å². The Balaban J connectivity index is 1.63. The molecule has 0 aromatic heterocycles. The Hall–Kier alpha value is -2.09. The first-order valence-electron chi connectivity index (χ1n) is 7.24. The van der Waals surface area contributed by atoms with Gasteiger partial charge >= 0.3 is 6.09 Å². The van der Waals surface area contributed by atoms with E-state index in [1.165, 1.54) is 17.0 Å².